The van der Waals surface area contributed by atoms with E-state index >= 15 is 0 Å². The lowest BCUT2D eigenvalue weighted by Gasteiger charge is -2.05. The molecule has 3 N–H and O–H groups in total. The van der Waals surface area contributed by atoms with Crippen LogP contribution >= 0.6 is 11.3 Å². The molecule has 0 unspecified atom stereocenters. The summed E-state index contributed by atoms with van der Waals surface area (Å²) in [7, 11) is 0. The van der Waals surface area contributed by atoms with Crippen molar-refractivity contribution in [3.05, 3.63) is 55.9 Å². The van der Waals surface area contributed by atoms with Crippen molar-refractivity contribution in [1.29, 1.82) is 0 Å². The number of rotatable bonds is 3. The van der Waals surface area contributed by atoms with E-state index in [-0.39, 0.29) is 23.0 Å². The maximum Gasteiger partial charge on any atom is 0.339 e. The van der Waals surface area contributed by atoms with Gasteiger partial charge in [0.1, 0.15) is 4.70 Å². The Balaban J connectivity index is 1.92. The van der Waals surface area contributed by atoms with Gasteiger partial charge in [-0.1, -0.05) is 29.5 Å². The molecule has 1 aromatic carbocycles. The summed E-state index contributed by atoms with van der Waals surface area (Å²) in [6.07, 6.45) is 0. The van der Waals surface area contributed by atoms with E-state index in [4.69, 9.17) is 10.5 Å². The van der Waals surface area contributed by atoms with Crippen molar-refractivity contribution in [3.63, 3.8) is 0 Å². The van der Waals surface area contributed by atoms with Crippen molar-refractivity contribution < 1.29 is 9.53 Å². The molecule has 0 atom stereocenters. The number of fused-ring (bicyclic) bond motifs is 1. The maximum atomic E-state index is 11.9. The van der Waals surface area contributed by atoms with E-state index < -0.39 is 16.4 Å². The Morgan fingerprint density at radius 3 is 2.77 bits per heavy atom. The Hall–Kier alpha value is -2.94. The van der Waals surface area contributed by atoms with Crippen LogP contribution in [0.25, 0.3) is 10.3 Å². The highest BCUT2D eigenvalue weighted by Gasteiger charge is 2.15. The van der Waals surface area contributed by atoms with E-state index in [0.29, 0.717) is 16.9 Å². The summed E-state index contributed by atoms with van der Waals surface area (Å²) in [4.78, 5) is 41.2. The van der Waals surface area contributed by atoms with Gasteiger partial charge in [0.25, 0.3) is 5.56 Å². The van der Waals surface area contributed by atoms with Gasteiger partial charge in [0, 0.05) is 0 Å². The summed E-state index contributed by atoms with van der Waals surface area (Å²) in [6, 6.07) is 8.36. The zero-order valence-electron chi connectivity index (χ0n) is 11.1. The molecule has 8 nitrogen and oxygen atoms in total. The van der Waals surface area contributed by atoms with Crippen LogP contribution in [0.5, 0.6) is 0 Å². The van der Waals surface area contributed by atoms with Crippen LogP contribution in [0, 0.1) is 0 Å². The minimum Gasteiger partial charge on any atom is -0.440 e. The molecule has 0 fully saturated rings. The van der Waals surface area contributed by atoms with E-state index in [9.17, 15) is 14.4 Å². The first kappa shape index (κ1) is 14.0. The number of nitrogen functional groups attached to an aromatic ring is 1. The Morgan fingerprint density at radius 2 is 2.05 bits per heavy atom. The standard InChI is InChI=1S/C13H10N4O4S/c14-12-15-9-8(10(18)16-12)22-13(20)17(9)6-21-11(19)7-4-2-1-3-5-7/h1-5H,6H2,(H3,14,15,16,18). The van der Waals surface area contributed by atoms with Crippen molar-refractivity contribution in [2.45, 2.75) is 6.73 Å². The number of carbonyl (C=O) groups excluding carboxylic acids is 1. The number of carbonyl (C=O) groups is 1. The maximum absolute atomic E-state index is 11.9. The lowest BCUT2D eigenvalue weighted by molar-refractivity contribution is 0.0375. The highest BCUT2D eigenvalue weighted by molar-refractivity contribution is 7.16. The smallest absolute Gasteiger partial charge is 0.339 e. The topological polar surface area (TPSA) is 120 Å². The minimum atomic E-state index is -0.579. The van der Waals surface area contributed by atoms with Crippen LogP contribution in [-0.2, 0) is 11.5 Å². The second-order valence-corrected chi connectivity index (χ2v) is 5.29. The number of benzene rings is 1. The molecule has 22 heavy (non-hydrogen) atoms. The average molecular weight is 318 g/mol. The molecule has 2 heterocycles. The normalized spacial score (nSPS) is 10.7. The van der Waals surface area contributed by atoms with Crippen molar-refractivity contribution in [2.75, 3.05) is 5.73 Å². The molecule has 0 amide bonds. The number of H-pyrrole nitrogens is 1. The molecule has 0 aliphatic heterocycles. The average Bonchev–Trinajstić information content (AvgIpc) is 2.82. The molecule has 0 aliphatic carbocycles. The first-order valence-electron chi connectivity index (χ1n) is 6.17. The van der Waals surface area contributed by atoms with Crippen molar-refractivity contribution in [2.24, 2.45) is 0 Å². The van der Waals surface area contributed by atoms with Crippen LogP contribution in [0.4, 0.5) is 5.95 Å². The van der Waals surface area contributed by atoms with Gasteiger partial charge in [-0.3, -0.25) is 14.6 Å². The van der Waals surface area contributed by atoms with Gasteiger partial charge < -0.3 is 10.5 Å². The SMILES string of the molecule is Nc1nc2c(sc(=O)n2COC(=O)c2ccccc2)c(=O)[nH]1. The van der Waals surface area contributed by atoms with Crippen molar-refractivity contribution in [3.8, 4) is 0 Å². The largest absolute Gasteiger partial charge is 0.440 e. The molecule has 0 aliphatic rings. The van der Waals surface area contributed by atoms with Gasteiger partial charge in [0.2, 0.25) is 5.95 Å². The molecule has 0 saturated carbocycles. The van der Waals surface area contributed by atoms with E-state index in [1.165, 1.54) is 0 Å². The third-order valence-electron chi connectivity index (χ3n) is 2.88. The minimum absolute atomic E-state index is 0.0945. The highest BCUT2D eigenvalue weighted by atomic mass is 32.1. The summed E-state index contributed by atoms with van der Waals surface area (Å²) in [5.74, 6) is -0.692. The van der Waals surface area contributed by atoms with Crippen LogP contribution in [-0.4, -0.2) is 20.5 Å². The summed E-state index contributed by atoms with van der Waals surface area (Å²) in [5.41, 5.74) is 5.42. The summed E-state index contributed by atoms with van der Waals surface area (Å²) < 4.78 is 6.30. The summed E-state index contributed by atoms with van der Waals surface area (Å²) in [5, 5.41) is 0. The summed E-state index contributed by atoms with van der Waals surface area (Å²) >= 11 is 0.716. The second kappa shape index (κ2) is 5.45. The van der Waals surface area contributed by atoms with Crippen LogP contribution in [0.3, 0.4) is 0 Å². The number of anilines is 1. The number of hydrogen-bond acceptors (Lipinski definition) is 7. The van der Waals surface area contributed by atoms with Crippen LogP contribution in [0.1, 0.15) is 10.4 Å². The van der Waals surface area contributed by atoms with Crippen LogP contribution in [0.15, 0.2) is 39.9 Å². The zero-order valence-corrected chi connectivity index (χ0v) is 11.9. The fourth-order valence-electron chi connectivity index (χ4n) is 1.87. The van der Waals surface area contributed by atoms with Gasteiger partial charge in [-0.2, -0.15) is 4.98 Å². The second-order valence-electron chi connectivity index (χ2n) is 4.33. The fraction of sp³-hybridized carbons (Fsp3) is 0.0769. The molecule has 3 rings (SSSR count). The van der Waals surface area contributed by atoms with Gasteiger partial charge in [-0.15, -0.1) is 0 Å². The third-order valence-corrected chi connectivity index (χ3v) is 3.84. The Bertz CT molecular complexity index is 958. The monoisotopic (exact) mass is 318 g/mol. The lowest BCUT2D eigenvalue weighted by atomic mass is 10.2. The van der Waals surface area contributed by atoms with Crippen molar-refractivity contribution >= 4 is 33.6 Å². The number of thiazole rings is 1. The predicted octanol–water partition coefficient (Wildman–Crippen LogP) is 0.543. The molecule has 9 heteroatoms. The van der Waals surface area contributed by atoms with Gasteiger partial charge in [0.05, 0.1) is 5.56 Å². The molecule has 0 spiro atoms. The number of aromatic nitrogens is 3. The number of hydrogen-bond donors (Lipinski definition) is 2. The number of aromatic amines is 1. The Labute approximate surface area is 126 Å². The number of nitrogens with one attached hydrogen (secondary N) is 1. The third kappa shape index (κ3) is 2.49. The first-order chi connectivity index (χ1) is 10.6. The molecule has 3 aromatic rings. The van der Waals surface area contributed by atoms with Gasteiger partial charge in [0.15, 0.2) is 12.4 Å². The van der Waals surface area contributed by atoms with Gasteiger partial charge in [-0.25, -0.2) is 9.36 Å². The quantitative estimate of drug-likeness (QED) is 0.680. The van der Waals surface area contributed by atoms with Gasteiger partial charge in [-0.05, 0) is 12.1 Å². The molecule has 2 aromatic heterocycles. The lowest BCUT2D eigenvalue weighted by Crippen LogP contribution is -2.19. The number of ether oxygens (including phenoxy) is 1. The first-order valence-corrected chi connectivity index (χ1v) is 6.99. The molecule has 0 saturated heterocycles. The summed E-state index contributed by atoms with van der Waals surface area (Å²) in [6.45, 7) is -0.345. The number of nitrogens with zero attached hydrogens (tertiary/aromatic N) is 2. The van der Waals surface area contributed by atoms with E-state index in [0.717, 1.165) is 4.57 Å². The molecular weight excluding hydrogens is 308 g/mol. The number of esters is 1. The zero-order chi connectivity index (χ0) is 15.7. The van der Waals surface area contributed by atoms with Gasteiger partial charge >= 0.3 is 10.8 Å². The predicted molar refractivity (Wildman–Crippen MR) is 80.8 cm³/mol. The van der Waals surface area contributed by atoms with Crippen LogP contribution in [0.2, 0.25) is 0 Å². The highest BCUT2D eigenvalue weighted by Crippen LogP contribution is 2.11. The molecular formula is C13H10N4O4S. The van der Waals surface area contributed by atoms with E-state index in [1.807, 2.05) is 0 Å². The molecule has 112 valence electrons. The molecule has 0 radical (unpaired) electrons. The molecule has 0 bridgehead atoms. The Morgan fingerprint density at radius 1 is 1.32 bits per heavy atom. The Kier molecular flexibility index (Phi) is 3.47. The van der Waals surface area contributed by atoms with E-state index in [1.54, 1.807) is 30.3 Å². The van der Waals surface area contributed by atoms with Crippen LogP contribution < -0.4 is 16.2 Å². The van der Waals surface area contributed by atoms with Crippen molar-refractivity contribution in [1.82, 2.24) is 14.5 Å². The number of nitrogens with two attached hydrogens (primary N) is 1. The van der Waals surface area contributed by atoms with E-state index in [2.05, 4.69) is 9.97 Å². The fourth-order valence-corrected chi connectivity index (χ4v) is 2.68.